The molecule has 25 heavy (non-hydrogen) atoms. The van der Waals surface area contributed by atoms with Crippen LogP contribution in [-0.2, 0) is 19.5 Å². The average molecular weight is 355 g/mol. The highest BCUT2D eigenvalue weighted by Crippen LogP contribution is 2.26. The van der Waals surface area contributed by atoms with E-state index in [9.17, 15) is 15.0 Å². The third-order valence-corrected chi connectivity index (χ3v) is 5.24. The summed E-state index contributed by atoms with van der Waals surface area (Å²) in [7, 11) is 0. The van der Waals surface area contributed by atoms with Crippen LogP contribution in [0.15, 0.2) is 40.5 Å². The Balaban J connectivity index is 1.58. The lowest BCUT2D eigenvalue weighted by Gasteiger charge is -2.27. The van der Waals surface area contributed by atoms with Crippen molar-refractivity contribution in [3.05, 3.63) is 62.9 Å². The number of benzene rings is 1. The molecule has 0 saturated heterocycles. The summed E-state index contributed by atoms with van der Waals surface area (Å²) in [5, 5.41) is 21.3. The number of phenolic OH excluding ortho intramolecular Hbond substituents is 2. The topological polar surface area (TPSA) is 89.5 Å². The minimum atomic E-state index is -0.104. The quantitative estimate of drug-likeness (QED) is 0.672. The Hall–Kier alpha value is -2.64. The standard InChI is InChI=1S/C18H17N3O3S/c22-12-4-3-11(15(23)8-12)9-21-6-5-14-13(10-21)18(24)20-17(19-14)16-2-1-7-25-16/h1-4,7-8,22-23H,5-6,9-10H2,(H,19,20,24). The molecule has 3 aromatic rings. The van der Waals surface area contributed by atoms with Gasteiger partial charge in [0.2, 0.25) is 0 Å². The van der Waals surface area contributed by atoms with Crippen LogP contribution in [-0.4, -0.2) is 31.6 Å². The SMILES string of the molecule is O=c1[nH]c(-c2cccs2)nc2c1CN(Cc1ccc(O)cc1O)CC2. The first-order valence-electron chi connectivity index (χ1n) is 7.99. The van der Waals surface area contributed by atoms with Gasteiger partial charge in [0.1, 0.15) is 11.5 Å². The molecule has 0 radical (unpaired) electrons. The number of aromatic nitrogens is 2. The number of thiophene rings is 1. The summed E-state index contributed by atoms with van der Waals surface area (Å²) in [6.07, 6.45) is 0.691. The van der Waals surface area contributed by atoms with E-state index in [-0.39, 0.29) is 17.1 Å². The fraction of sp³-hybridized carbons (Fsp3) is 0.222. The molecule has 128 valence electrons. The van der Waals surface area contributed by atoms with Crippen LogP contribution >= 0.6 is 11.3 Å². The molecule has 1 aromatic carbocycles. The largest absolute Gasteiger partial charge is 0.508 e. The lowest BCUT2D eigenvalue weighted by molar-refractivity contribution is 0.238. The minimum Gasteiger partial charge on any atom is -0.508 e. The molecule has 4 rings (SSSR count). The number of aromatic amines is 1. The van der Waals surface area contributed by atoms with Gasteiger partial charge >= 0.3 is 0 Å². The van der Waals surface area contributed by atoms with Gasteiger partial charge in [-0.3, -0.25) is 9.69 Å². The maximum atomic E-state index is 12.5. The Bertz CT molecular complexity index is 966. The van der Waals surface area contributed by atoms with Crippen molar-refractivity contribution in [2.75, 3.05) is 6.54 Å². The summed E-state index contributed by atoms with van der Waals surface area (Å²) in [5.41, 5.74) is 2.15. The highest BCUT2D eigenvalue weighted by molar-refractivity contribution is 7.13. The molecule has 0 spiro atoms. The van der Waals surface area contributed by atoms with Gasteiger partial charge in [0, 0.05) is 37.7 Å². The summed E-state index contributed by atoms with van der Waals surface area (Å²) in [5.74, 6) is 0.723. The van der Waals surface area contributed by atoms with Crippen LogP contribution in [0, 0.1) is 0 Å². The second-order valence-corrected chi connectivity index (χ2v) is 7.04. The van der Waals surface area contributed by atoms with Crippen molar-refractivity contribution in [2.24, 2.45) is 0 Å². The van der Waals surface area contributed by atoms with Gasteiger partial charge in [-0.15, -0.1) is 11.3 Å². The molecule has 0 saturated carbocycles. The maximum absolute atomic E-state index is 12.5. The summed E-state index contributed by atoms with van der Waals surface area (Å²) in [6.45, 7) is 1.76. The second kappa shape index (κ2) is 6.34. The van der Waals surface area contributed by atoms with Gasteiger partial charge in [-0.2, -0.15) is 0 Å². The summed E-state index contributed by atoms with van der Waals surface area (Å²) in [6, 6.07) is 8.45. The molecule has 2 aromatic heterocycles. The van der Waals surface area contributed by atoms with E-state index in [1.165, 1.54) is 6.07 Å². The summed E-state index contributed by atoms with van der Waals surface area (Å²) in [4.78, 5) is 23.0. The molecule has 0 bridgehead atoms. The Kier molecular flexibility index (Phi) is 4.03. The number of phenols is 2. The van der Waals surface area contributed by atoms with E-state index in [0.29, 0.717) is 30.9 Å². The second-order valence-electron chi connectivity index (χ2n) is 6.09. The van der Waals surface area contributed by atoms with Crippen LogP contribution < -0.4 is 5.56 Å². The molecule has 0 aliphatic carbocycles. The van der Waals surface area contributed by atoms with Gasteiger partial charge in [-0.05, 0) is 17.5 Å². The van der Waals surface area contributed by atoms with Crippen molar-refractivity contribution < 1.29 is 10.2 Å². The molecule has 0 amide bonds. The highest BCUT2D eigenvalue weighted by atomic mass is 32.1. The van der Waals surface area contributed by atoms with E-state index in [2.05, 4.69) is 14.9 Å². The van der Waals surface area contributed by atoms with E-state index in [4.69, 9.17) is 0 Å². The van der Waals surface area contributed by atoms with Crippen molar-refractivity contribution in [2.45, 2.75) is 19.5 Å². The molecule has 1 aliphatic rings. The number of hydrogen-bond donors (Lipinski definition) is 3. The Morgan fingerprint density at radius 1 is 1.28 bits per heavy atom. The zero-order chi connectivity index (χ0) is 17.4. The maximum Gasteiger partial charge on any atom is 0.255 e. The number of H-pyrrole nitrogens is 1. The van der Waals surface area contributed by atoms with Crippen LogP contribution in [0.3, 0.4) is 0 Å². The lowest BCUT2D eigenvalue weighted by atomic mass is 10.1. The van der Waals surface area contributed by atoms with E-state index in [0.717, 1.165) is 22.7 Å². The fourth-order valence-corrected chi connectivity index (χ4v) is 3.74. The Morgan fingerprint density at radius 2 is 2.16 bits per heavy atom. The van der Waals surface area contributed by atoms with E-state index >= 15 is 0 Å². The van der Waals surface area contributed by atoms with Crippen molar-refractivity contribution in [3.63, 3.8) is 0 Å². The highest BCUT2D eigenvalue weighted by Gasteiger charge is 2.22. The smallest absolute Gasteiger partial charge is 0.255 e. The fourth-order valence-electron chi connectivity index (χ4n) is 3.07. The number of nitrogens with one attached hydrogen (secondary N) is 1. The van der Waals surface area contributed by atoms with Crippen molar-refractivity contribution >= 4 is 11.3 Å². The van der Waals surface area contributed by atoms with E-state index < -0.39 is 0 Å². The first-order valence-corrected chi connectivity index (χ1v) is 8.87. The third-order valence-electron chi connectivity index (χ3n) is 4.37. The molecule has 7 heteroatoms. The van der Waals surface area contributed by atoms with Crippen molar-refractivity contribution in [1.82, 2.24) is 14.9 Å². The van der Waals surface area contributed by atoms with Crippen LogP contribution in [0.5, 0.6) is 11.5 Å². The molecule has 0 atom stereocenters. The first kappa shape index (κ1) is 15.9. The molecule has 0 unspecified atom stereocenters. The Labute approximate surface area is 148 Å². The van der Waals surface area contributed by atoms with Crippen LogP contribution in [0.4, 0.5) is 0 Å². The van der Waals surface area contributed by atoms with Gasteiger partial charge in [0.05, 0.1) is 16.1 Å². The zero-order valence-electron chi connectivity index (χ0n) is 13.4. The molecule has 3 N–H and O–H groups in total. The van der Waals surface area contributed by atoms with Gasteiger partial charge < -0.3 is 15.2 Å². The predicted octanol–water partition coefficient (Wildman–Crippen LogP) is 2.47. The van der Waals surface area contributed by atoms with Gasteiger partial charge in [-0.1, -0.05) is 12.1 Å². The third kappa shape index (κ3) is 3.16. The van der Waals surface area contributed by atoms with E-state index in [1.54, 1.807) is 23.5 Å². The van der Waals surface area contributed by atoms with Crippen LogP contribution in [0.25, 0.3) is 10.7 Å². The molecule has 0 fully saturated rings. The van der Waals surface area contributed by atoms with Crippen molar-refractivity contribution in [3.8, 4) is 22.2 Å². The summed E-state index contributed by atoms with van der Waals surface area (Å²) >= 11 is 1.55. The lowest BCUT2D eigenvalue weighted by Crippen LogP contribution is -2.35. The zero-order valence-corrected chi connectivity index (χ0v) is 14.2. The van der Waals surface area contributed by atoms with Gasteiger partial charge in [0.25, 0.3) is 5.56 Å². The first-order chi connectivity index (χ1) is 12.1. The van der Waals surface area contributed by atoms with Gasteiger partial charge in [0.15, 0.2) is 5.82 Å². The van der Waals surface area contributed by atoms with Crippen LogP contribution in [0.2, 0.25) is 0 Å². The number of hydrogen-bond acceptors (Lipinski definition) is 6. The predicted molar refractivity (Wildman–Crippen MR) is 95.8 cm³/mol. The van der Waals surface area contributed by atoms with E-state index in [1.807, 2.05) is 17.5 Å². The number of aromatic hydroxyl groups is 2. The Morgan fingerprint density at radius 3 is 2.92 bits per heavy atom. The molecule has 6 nitrogen and oxygen atoms in total. The average Bonchev–Trinajstić information content (AvgIpc) is 3.12. The normalized spacial score (nSPS) is 14.4. The molecule has 1 aliphatic heterocycles. The molecular weight excluding hydrogens is 338 g/mol. The van der Waals surface area contributed by atoms with Gasteiger partial charge in [-0.25, -0.2) is 4.98 Å². The minimum absolute atomic E-state index is 0.0343. The molecular formula is C18H17N3O3S. The number of nitrogens with zero attached hydrogens (tertiary/aromatic N) is 2. The summed E-state index contributed by atoms with van der Waals surface area (Å²) < 4.78 is 0. The number of rotatable bonds is 3. The van der Waals surface area contributed by atoms with Crippen LogP contribution in [0.1, 0.15) is 16.8 Å². The number of fused-ring (bicyclic) bond motifs is 1. The molecule has 3 heterocycles. The monoisotopic (exact) mass is 355 g/mol. The van der Waals surface area contributed by atoms with Crippen molar-refractivity contribution in [1.29, 1.82) is 0 Å².